The first-order valence-corrected chi connectivity index (χ1v) is 11.1. The van der Waals surface area contributed by atoms with Crippen LogP contribution in [0.4, 0.5) is 11.4 Å². The first kappa shape index (κ1) is 23.5. The highest BCUT2D eigenvalue weighted by atomic mass is 35.5. The van der Waals surface area contributed by atoms with Crippen molar-refractivity contribution in [3.8, 4) is 5.75 Å². The van der Waals surface area contributed by atoms with Gasteiger partial charge in [0.1, 0.15) is 18.4 Å². The molecule has 1 atom stereocenters. The summed E-state index contributed by atoms with van der Waals surface area (Å²) in [4.78, 5) is 50.5. The molecule has 0 saturated carbocycles. The quantitative estimate of drug-likeness (QED) is 0.277. The maximum absolute atomic E-state index is 13.0. The van der Waals surface area contributed by atoms with Crippen LogP contribution in [0, 0.1) is 0 Å². The van der Waals surface area contributed by atoms with Gasteiger partial charge in [0.15, 0.2) is 0 Å². The first-order valence-electron chi connectivity index (χ1n) is 10.7. The molecule has 4 N–H and O–H groups in total. The minimum atomic E-state index is -1.00. The molecule has 11 heteroatoms. The van der Waals surface area contributed by atoms with E-state index in [1.807, 2.05) is 0 Å². The van der Waals surface area contributed by atoms with Crippen molar-refractivity contribution in [3.05, 3.63) is 52.5 Å². The number of carbonyl (C=O) groups is 4. The van der Waals surface area contributed by atoms with Crippen LogP contribution in [0.2, 0.25) is 5.02 Å². The highest BCUT2D eigenvalue weighted by Gasteiger charge is 2.45. The van der Waals surface area contributed by atoms with E-state index in [-0.39, 0.29) is 30.6 Å². The molecule has 2 aromatic carbocycles. The molecule has 2 heterocycles. The molecule has 0 aromatic heterocycles. The van der Waals surface area contributed by atoms with Gasteiger partial charge < -0.3 is 20.5 Å². The number of amides is 4. The van der Waals surface area contributed by atoms with Gasteiger partial charge in [-0.25, -0.2) is 0 Å². The lowest BCUT2D eigenvalue weighted by Gasteiger charge is -2.27. The van der Waals surface area contributed by atoms with Crippen molar-refractivity contribution in [1.82, 2.24) is 10.2 Å². The summed E-state index contributed by atoms with van der Waals surface area (Å²) in [6, 6.07) is 8.85. The molecule has 0 aliphatic carbocycles. The van der Waals surface area contributed by atoms with Gasteiger partial charge in [-0.3, -0.25) is 29.4 Å². The monoisotopic (exact) mass is 486 g/mol. The van der Waals surface area contributed by atoms with Crippen molar-refractivity contribution in [2.24, 2.45) is 0 Å². The van der Waals surface area contributed by atoms with E-state index in [4.69, 9.17) is 26.8 Å². The summed E-state index contributed by atoms with van der Waals surface area (Å²) < 4.78 is 11.1. The summed E-state index contributed by atoms with van der Waals surface area (Å²) in [7, 11) is 0. The fourth-order valence-electron chi connectivity index (χ4n) is 3.86. The third-order valence-corrected chi connectivity index (χ3v) is 5.78. The predicted molar refractivity (Wildman–Crippen MR) is 124 cm³/mol. The molecule has 0 radical (unpaired) electrons. The second-order valence-electron chi connectivity index (χ2n) is 7.75. The van der Waals surface area contributed by atoms with Gasteiger partial charge in [0.25, 0.3) is 11.8 Å². The second-order valence-corrected chi connectivity index (χ2v) is 8.16. The number of carbonyl (C=O) groups excluding carboxylic acids is 4. The molecule has 2 aliphatic rings. The standard InChI is InChI=1S/C23H23ClN4O6/c24-15-5-4-13(25)12-18(15)34-11-10-33-9-8-26-16-3-1-2-14-20(16)23(32)28(22(14)31)17-6-7-19(29)27-21(17)30/h1-5,12,17,26H,6-11,25H2,(H,27,29,30). The third-order valence-electron chi connectivity index (χ3n) is 5.47. The van der Waals surface area contributed by atoms with Gasteiger partial charge in [-0.2, -0.15) is 0 Å². The number of ether oxygens (including phenoxy) is 2. The van der Waals surface area contributed by atoms with Gasteiger partial charge in [-0.05, 0) is 30.7 Å². The summed E-state index contributed by atoms with van der Waals surface area (Å²) in [5.74, 6) is -1.69. The number of fused-ring (bicyclic) bond motifs is 1. The number of nitrogen functional groups attached to an aromatic ring is 1. The van der Waals surface area contributed by atoms with Crippen LogP contribution < -0.4 is 21.1 Å². The molecular weight excluding hydrogens is 464 g/mol. The molecular formula is C23H23ClN4O6. The van der Waals surface area contributed by atoms with Crippen LogP contribution in [0.25, 0.3) is 0 Å². The number of imide groups is 2. The van der Waals surface area contributed by atoms with Crippen LogP contribution in [0.5, 0.6) is 5.75 Å². The minimum absolute atomic E-state index is 0.0693. The van der Waals surface area contributed by atoms with E-state index >= 15 is 0 Å². The zero-order valence-corrected chi connectivity index (χ0v) is 18.9. The summed E-state index contributed by atoms with van der Waals surface area (Å²) in [6.45, 7) is 1.27. The molecule has 1 saturated heterocycles. The smallest absolute Gasteiger partial charge is 0.264 e. The second kappa shape index (κ2) is 10.1. The lowest BCUT2D eigenvalue weighted by molar-refractivity contribution is -0.136. The average molecular weight is 487 g/mol. The van der Waals surface area contributed by atoms with Crippen LogP contribution in [-0.4, -0.2) is 60.9 Å². The van der Waals surface area contributed by atoms with Gasteiger partial charge in [0.05, 0.1) is 29.4 Å². The number of nitrogens with one attached hydrogen (secondary N) is 2. The molecule has 1 unspecified atom stereocenters. The van der Waals surface area contributed by atoms with E-state index < -0.39 is 29.7 Å². The van der Waals surface area contributed by atoms with E-state index in [2.05, 4.69) is 10.6 Å². The number of halogens is 1. The van der Waals surface area contributed by atoms with Crippen LogP contribution in [0.3, 0.4) is 0 Å². The van der Waals surface area contributed by atoms with Gasteiger partial charge in [0.2, 0.25) is 11.8 Å². The summed E-state index contributed by atoms with van der Waals surface area (Å²) >= 11 is 6.05. The number of benzene rings is 2. The third kappa shape index (κ3) is 4.82. The lowest BCUT2D eigenvalue weighted by atomic mass is 10.0. The number of nitrogens with two attached hydrogens (primary N) is 1. The zero-order valence-electron chi connectivity index (χ0n) is 18.1. The molecule has 0 bridgehead atoms. The van der Waals surface area contributed by atoms with Gasteiger partial charge in [-0.15, -0.1) is 0 Å². The molecule has 10 nitrogen and oxygen atoms in total. The zero-order chi connectivity index (χ0) is 24.2. The van der Waals surface area contributed by atoms with Crippen LogP contribution in [0.15, 0.2) is 36.4 Å². The van der Waals surface area contributed by atoms with E-state index in [9.17, 15) is 19.2 Å². The Morgan fingerprint density at radius 2 is 1.91 bits per heavy atom. The molecule has 4 amide bonds. The van der Waals surface area contributed by atoms with Gasteiger partial charge >= 0.3 is 0 Å². The Bertz CT molecular complexity index is 1150. The summed E-state index contributed by atoms with van der Waals surface area (Å²) in [5.41, 5.74) is 7.15. The lowest BCUT2D eigenvalue weighted by Crippen LogP contribution is -2.54. The molecule has 178 valence electrons. The fourth-order valence-corrected chi connectivity index (χ4v) is 4.04. The van der Waals surface area contributed by atoms with E-state index in [1.54, 1.807) is 36.4 Å². The number of anilines is 2. The maximum atomic E-state index is 13.0. The molecule has 4 rings (SSSR count). The number of rotatable bonds is 9. The van der Waals surface area contributed by atoms with Crippen LogP contribution in [0.1, 0.15) is 33.6 Å². The Labute approximate surface area is 200 Å². The number of nitrogens with zero attached hydrogens (tertiary/aromatic N) is 1. The SMILES string of the molecule is Nc1ccc(Cl)c(OCCOCCNc2cccc3c2C(=O)N(C2CCC(=O)NC2=O)C3=O)c1. The molecule has 1 fully saturated rings. The predicted octanol–water partition coefficient (Wildman–Crippen LogP) is 1.83. The summed E-state index contributed by atoms with van der Waals surface area (Å²) in [5, 5.41) is 5.75. The largest absolute Gasteiger partial charge is 0.490 e. The van der Waals surface area contributed by atoms with Gasteiger partial charge in [-0.1, -0.05) is 17.7 Å². The van der Waals surface area contributed by atoms with Crippen molar-refractivity contribution < 1.29 is 28.7 Å². The molecule has 0 spiro atoms. The highest BCUT2D eigenvalue weighted by Crippen LogP contribution is 2.32. The van der Waals surface area contributed by atoms with E-state index in [1.165, 1.54) is 0 Å². The topological polar surface area (TPSA) is 140 Å². The van der Waals surface area contributed by atoms with Crippen LogP contribution >= 0.6 is 11.6 Å². The Balaban J connectivity index is 1.29. The Hall–Kier alpha value is -3.63. The molecule has 2 aromatic rings. The number of hydrogen-bond acceptors (Lipinski definition) is 8. The normalized spacial score (nSPS) is 17.6. The fraction of sp³-hybridized carbons (Fsp3) is 0.304. The Morgan fingerprint density at radius 1 is 1.09 bits per heavy atom. The van der Waals surface area contributed by atoms with Crippen LogP contribution in [-0.2, 0) is 14.3 Å². The van der Waals surface area contributed by atoms with Crippen molar-refractivity contribution in [1.29, 1.82) is 0 Å². The summed E-state index contributed by atoms with van der Waals surface area (Å²) in [6.07, 6.45) is 0.176. The Morgan fingerprint density at radius 3 is 2.71 bits per heavy atom. The van der Waals surface area contributed by atoms with Crippen molar-refractivity contribution in [2.75, 3.05) is 37.4 Å². The maximum Gasteiger partial charge on any atom is 0.264 e. The molecule has 2 aliphatic heterocycles. The number of hydrogen-bond donors (Lipinski definition) is 3. The molecule has 34 heavy (non-hydrogen) atoms. The van der Waals surface area contributed by atoms with Gasteiger partial charge in [0, 0.05) is 30.4 Å². The average Bonchev–Trinajstić information content (AvgIpc) is 3.06. The van der Waals surface area contributed by atoms with E-state index in [0.29, 0.717) is 41.9 Å². The number of piperidine rings is 1. The van der Waals surface area contributed by atoms with Crippen molar-refractivity contribution in [2.45, 2.75) is 18.9 Å². The van der Waals surface area contributed by atoms with Crippen molar-refractivity contribution in [3.63, 3.8) is 0 Å². The highest BCUT2D eigenvalue weighted by molar-refractivity contribution is 6.32. The Kier molecular flexibility index (Phi) is 6.99. The van der Waals surface area contributed by atoms with Crippen molar-refractivity contribution >= 4 is 46.6 Å². The minimum Gasteiger partial charge on any atom is -0.490 e. The van der Waals surface area contributed by atoms with E-state index in [0.717, 1.165) is 4.90 Å². The first-order chi connectivity index (χ1) is 16.4.